The monoisotopic (exact) mass is 282 g/mol. The van der Waals surface area contributed by atoms with Crippen LogP contribution in [-0.2, 0) is 9.53 Å². The van der Waals surface area contributed by atoms with E-state index in [1.807, 2.05) is 6.92 Å². The van der Waals surface area contributed by atoms with E-state index in [9.17, 15) is 4.79 Å². The number of nitrogens with one attached hydrogen (secondary N) is 1. The predicted octanol–water partition coefficient (Wildman–Crippen LogP) is 2.18. The smallest absolute Gasteiger partial charge is 0.327 e. The van der Waals surface area contributed by atoms with Crippen molar-refractivity contribution in [2.75, 3.05) is 26.2 Å². The number of nitrogens with zero attached hydrogens (tertiary/aromatic N) is 1. The van der Waals surface area contributed by atoms with Gasteiger partial charge in [0.1, 0.15) is 5.54 Å². The molecule has 2 rings (SSSR count). The molecule has 4 heteroatoms. The third-order valence-electron chi connectivity index (χ3n) is 4.75. The van der Waals surface area contributed by atoms with Gasteiger partial charge in [-0.2, -0.15) is 0 Å². The van der Waals surface area contributed by atoms with Crippen molar-refractivity contribution in [3.05, 3.63) is 0 Å². The standard InChI is InChI=1S/C16H30N2O2/c1-4-10-17-16(14-8-9-14,15(19)20-5-2)12-18-11-6-7-13(18)3/h13-14,17H,4-12H2,1-3H3. The highest BCUT2D eigenvalue weighted by Crippen LogP contribution is 2.42. The van der Waals surface area contributed by atoms with Gasteiger partial charge in [-0.1, -0.05) is 6.92 Å². The highest BCUT2D eigenvalue weighted by atomic mass is 16.5. The number of esters is 1. The molecule has 0 aromatic carbocycles. The van der Waals surface area contributed by atoms with Crippen LogP contribution in [0.15, 0.2) is 0 Å². The number of ether oxygens (including phenoxy) is 1. The molecule has 1 aliphatic heterocycles. The first-order chi connectivity index (χ1) is 9.64. The Morgan fingerprint density at radius 1 is 1.35 bits per heavy atom. The molecule has 2 unspecified atom stereocenters. The van der Waals surface area contributed by atoms with E-state index in [1.54, 1.807) is 0 Å². The minimum absolute atomic E-state index is 0.0324. The molecule has 1 saturated heterocycles. The molecule has 116 valence electrons. The number of hydrogen-bond acceptors (Lipinski definition) is 4. The molecule has 4 nitrogen and oxygen atoms in total. The molecule has 2 atom stereocenters. The average molecular weight is 282 g/mol. The zero-order valence-corrected chi connectivity index (χ0v) is 13.3. The maximum absolute atomic E-state index is 12.6. The maximum atomic E-state index is 12.6. The van der Waals surface area contributed by atoms with Crippen LogP contribution in [0.3, 0.4) is 0 Å². The van der Waals surface area contributed by atoms with Crippen molar-refractivity contribution in [1.29, 1.82) is 0 Å². The van der Waals surface area contributed by atoms with Crippen LogP contribution in [0.2, 0.25) is 0 Å². The van der Waals surface area contributed by atoms with Gasteiger partial charge in [0, 0.05) is 12.6 Å². The van der Waals surface area contributed by atoms with Crippen molar-refractivity contribution >= 4 is 5.97 Å². The minimum atomic E-state index is -0.468. The molecular formula is C16H30N2O2. The first-order valence-electron chi connectivity index (χ1n) is 8.30. The van der Waals surface area contributed by atoms with E-state index in [4.69, 9.17) is 4.74 Å². The van der Waals surface area contributed by atoms with E-state index in [2.05, 4.69) is 24.1 Å². The summed E-state index contributed by atoms with van der Waals surface area (Å²) in [4.78, 5) is 15.1. The summed E-state index contributed by atoms with van der Waals surface area (Å²) >= 11 is 0. The van der Waals surface area contributed by atoms with Crippen LogP contribution >= 0.6 is 0 Å². The summed E-state index contributed by atoms with van der Waals surface area (Å²) in [7, 11) is 0. The summed E-state index contributed by atoms with van der Waals surface area (Å²) in [5, 5.41) is 3.56. The molecule has 0 radical (unpaired) electrons. The SMILES string of the molecule is CCCNC(CN1CCCC1C)(C(=O)OCC)C1CC1. The third kappa shape index (κ3) is 3.34. The zero-order valence-electron chi connectivity index (χ0n) is 13.3. The minimum Gasteiger partial charge on any atom is -0.465 e. The summed E-state index contributed by atoms with van der Waals surface area (Å²) in [5.41, 5.74) is -0.468. The normalized spacial score (nSPS) is 26.4. The van der Waals surface area contributed by atoms with Gasteiger partial charge in [-0.3, -0.25) is 4.90 Å². The lowest BCUT2D eigenvalue weighted by Crippen LogP contribution is -2.62. The van der Waals surface area contributed by atoms with Crippen molar-refractivity contribution in [1.82, 2.24) is 10.2 Å². The van der Waals surface area contributed by atoms with Crippen LogP contribution in [0.5, 0.6) is 0 Å². The fourth-order valence-corrected chi connectivity index (χ4v) is 3.36. The molecule has 2 aliphatic rings. The molecular weight excluding hydrogens is 252 g/mol. The Morgan fingerprint density at radius 2 is 2.10 bits per heavy atom. The summed E-state index contributed by atoms with van der Waals surface area (Å²) in [5.74, 6) is 0.427. The second-order valence-electron chi connectivity index (χ2n) is 6.35. The largest absolute Gasteiger partial charge is 0.465 e. The lowest BCUT2D eigenvalue weighted by Gasteiger charge is -2.37. The number of rotatable bonds is 8. The molecule has 0 spiro atoms. The van der Waals surface area contributed by atoms with Crippen LogP contribution < -0.4 is 5.32 Å². The summed E-state index contributed by atoms with van der Waals surface area (Å²) in [6.45, 7) is 9.60. The molecule has 2 fully saturated rings. The summed E-state index contributed by atoms with van der Waals surface area (Å²) in [6.07, 6.45) is 5.84. The molecule has 20 heavy (non-hydrogen) atoms. The average Bonchev–Trinajstić information content (AvgIpc) is 3.20. The first kappa shape index (κ1) is 15.8. The van der Waals surface area contributed by atoms with E-state index >= 15 is 0 Å². The van der Waals surface area contributed by atoms with Gasteiger partial charge in [0.05, 0.1) is 6.61 Å². The van der Waals surface area contributed by atoms with Crippen molar-refractivity contribution in [3.63, 3.8) is 0 Å². The Bertz CT molecular complexity index is 330. The van der Waals surface area contributed by atoms with E-state index in [-0.39, 0.29) is 5.97 Å². The fraction of sp³-hybridized carbons (Fsp3) is 0.938. The molecule has 0 bridgehead atoms. The number of likely N-dealkylation sites (tertiary alicyclic amines) is 1. The van der Waals surface area contributed by atoms with Gasteiger partial charge >= 0.3 is 5.97 Å². The predicted molar refractivity (Wildman–Crippen MR) is 80.7 cm³/mol. The van der Waals surface area contributed by atoms with Crippen LogP contribution in [-0.4, -0.2) is 48.7 Å². The molecule has 1 aliphatic carbocycles. The van der Waals surface area contributed by atoms with Crippen LogP contribution in [0, 0.1) is 5.92 Å². The van der Waals surface area contributed by atoms with E-state index < -0.39 is 5.54 Å². The number of hydrogen-bond donors (Lipinski definition) is 1. The van der Waals surface area contributed by atoms with Crippen LogP contribution in [0.25, 0.3) is 0 Å². The molecule has 1 N–H and O–H groups in total. The number of carbonyl (C=O) groups is 1. The van der Waals surface area contributed by atoms with E-state index in [0.717, 1.165) is 38.9 Å². The highest BCUT2D eigenvalue weighted by molar-refractivity contribution is 5.82. The van der Waals surface area contributed by atoms with Crippen LogP contribution in [0.1, 0.15) is 52.9 Å². The van der Waals surface area contributed by atoms with Gasteiger partial charge < -0.3 is 10.1 Å². The Balaban J connectivity index is 2.13. The second-order valence-corrected chi connectivity index (χ2v) is 6.35. The second kappa shape index (κ2) is 6.90. The lowest BCUT2D eigenvalue weighted by atomic mass is 9.91. The van der Waals surface area contributed by atoms with Crippen molar-refractivity contribution < 1.29 is 9.53 Å². The van der Waals surface area contributed by atoms with Gasteiger partial charge in [0.2, 0.25) is 0 Å². The third-order valence-corrected chi connectivity index (χ3v) is 4.75. The van der Waals surface area contributed by atoms with Crippen molar-refractivity contribution in [3.8, 4) is 0 Å². The van der Waals surface area contributed by atoms with E-state index in [0.29, 0.717) is 18.6 Å². The number of carbonyl (C=O) groups excluding carboxylic acids is 1. The van der Waals surface area contributed by atoms with Gasteiger partial charge in [-0.05, 0) is 65.0 Å². The van der Waals surface area contributed by atoms with Gasteiger partial charge in [0.15, 0.2) is 0 Å². The topological polar surface area (TPSA) is 41.6 Å². The Kier molecular flexibility index (Phi) is 5.44. The van der Waals surface area contributed by atoms with E-state index in [1.165, 1.54) is 12.8 Å². The van der Waals surface area contributed by atoms with Gasteiger partial charge in [-0.15, -0.1) is 0 Å². The maximum Gasteiger partial charge on any atom is 0.327 e. The summed E-state index contributed by atoms with van der Waals surface area (Å²) in [6, 6.07) is 0.589. The molecule has 1 saturated carbocycles. The van der Waals surface area contributed by atoms with Crippen LogP contribution in [0.4, 0.5) is 0 Å². The quantitative estimate of drug-likeness (QED) is 0.693. The van der Waals surface area contributed by atoms with Gasteiger partial charge in [0.25, 0.3) is 0 Å². The molecule has 0 aromatic heterocycles. The Morgan fingerprint density at radius 3 is 2.60 bits per heavy atom. The molecule has 0 aromatic rings. The first-order valence-corrected chi connectivity index (χ1v) is 8.30. The summed E-state index contributed by atoms with van der Waals surface area (Å²) < 4.78 is 5.42. The Hall–Kier alpha value is -0.610. The zero-order chi connectivity index (χ0) is 14.6. The molecule has 1 heterocycles. The Labute approximate surface area is 123 Å². The molecule has 0 amide bonds. The fourth-order valence-electron chi connectivity index (χ4n) is 3.36. The van der Waals surface area contributed by atoms with Crippen molar-refractivity contribution in [2.45, 2.75) is 64.5 Å². The van der Waals surface area contributed by atoms with Gasteiger partial charge in [-0.25, -0.2) is 4.79 Å². The lowest BCUT2D eigenvalue weighted by molar-refractivity contribution is -0.153. The van der Waals surface area contributed by atoms with Crippen molar-refractivity contribution in [2.24, 2.45) is 5.92 Å². The highest BCUT2D eigenvalue weighted by Gasteiger charge is 2.53.